The summed E-state index contributed by atoms with van der Waals surface area (Å²) in [5.74, 6) is -0.937. The number of hydrogen-bond donors (Lipinski definition) is 2. The molecule has 0 spiro atoms. The number of phosphoric acid groups is 1. The lowest BCUT2D eigenvalue weighted by atomic mass is 10.0. The van der Waals surface area contributed by atoms with E-state index in [9.17, 15) is 14.2 Å². The molecule has 0 aliphatic rings. The van der Waals surface area contributed by atoms with Crippen molar-refractivity contribution in [2.75, 3.05) is 13.2 Å². The monoisotopic (exact) mass is 606 g/mol. The van der Waals surface area contributed by atoms with Crippen LogP contribution in [-0.4, -0.2) is 41.0 Å². The molecule has 0 amide bonds. The molecule has 2 N–H and O–H groups in total. The molecule has 0 bridgehead atoms. The largest absolute Gasteiger partial charge is 0.469 e. The van der Waals surface area contributed by atoms with Gasteiger partial charge >= 0.3 is 19.8 Å². The van der Waals surface area contributed by atoms with Gasteiger partial charge in [-0.05, 0) is 12.8 Å². The molecule has 9 heteroatoms. The number of carbonyl (C=O) groups is 2. The molecule has 8 nitrogen and oxygen atoms in total. The fourth-order valence-electron chi connectivity index (χ4n) is 4.88. The molecule has 1 unspecified atom stereocenters. The van der Waals surface area contributed by atoms with Crippen molar-refractivity contribution in [3.8, 4) is 0 Å². The van der Waals surface area contributed by atoms with E-state index in [1.54, 1.807) is 0 Å². The second-order valence-corrected chi connectivity index (χ2v) is 12.7. The van der Waals surface area contributed by atoms with Crippen molar-refractivity contribution >= 4 is 19.8 Å². The average molecular weight is 607 g/mol. The molecule has 0 saturated heterocycles. The summed E-state index contributed by atoms with van der Waals surface area (Å²) in [5.41, 5.74) is 0. The first-order valence-electron chi connectivity index (χ1n) is 16.8. The zero-order valence-corrected chi connectivity index (χ0v) is 27.4. The van der Waals surface area contributed by atoms with Crippen molar-refractivity contribution in [3.05, 3.63) is 0 Å². The third-order valence-electron chi connectivity index (χ3n) is 7.35. The predicted molar refractivity (Wildman–Crippen MR) is 166 cm³/mol. The van der Waals surface area contributed by atoms with Crippen molar-refractivity contribution in [1.29, 1.82) is 0 Å². The highest BCUT2D eigenvalue weighted by atomic mass is 31.2. The summed E-state index contributed by atoms with van der Waals surface area (Å²) < 4.78 is 25.7. The van der Waals surface area contributed by atoms with Gasteiger partial charge in [-0.2, -0.15) is 0 Å². The molecule has 0 saturated carbocycles. The molecule has 0 aromatic rings. The summed E-state index contributed by atoms with van der Waals surface area (Å²) >= 11 is 0. The number of ether oxygens (including phenoxy) is 2. The number of rotatable bonds is 31. The minimum Gasteiger partial charge on any atom is -0.462 e. The van der Waals surface area contributed by atoms with Gasteiger partial charge in [-0.1, -0.05) is 149 Å². The SMILES string of the molecule is CCCCCCCCCCCCCCCCCCCCCCCCC(=O)OC(COC(=O)CCC)COP(=O)(O)O. The van der Waals surface area contributed by atoms with Crippen LogP contribution in [0.4, 0.5) is 0 Å². The van der Waals surface area contributed by atoms with Gasteiger partial charge < -0.3 is 19.3 Å². The maximum atomic E-state index is 12.1. The number of hydrogen-bond acceptors (Lipinski definition) is 6. The first-order chi connectivity index (χ1) is 19.8. The second-order valence-electron chi connectivity index (χ2n) is 11.5. The second kappa shape index (κ2) is 29.1. The lowest BCUT2D eigenvalue weighted by Crippen LogP contribution is -2.29. The number of unbranched alkanes of at least 4 members (excludes halogenated alkanes) is 21. The molecular formula is C32H63O8P. The molecule has 0 radical (unpaired) electrons. The maximum absolute atomic E-state index is 12.1. The Bertz CT molecular complexity index is 652. The Morgan fingerprint density at radius 3 is 1.29 bits per heavy atom. The summed E-state index contributed by atoms with van der Waals surface area (Å²) in [4.78, 5) is 41.5. The average Bonchev–Trinajstić information content (AvgIpc) is 2.92. The first-order valence-corrected chi connectivity index (χ1v) is 18.4. The summed E-state index contributed by atoms with van der Waals surface area (Å²) in [6.45, 7) is 3.29. The van der Waals surface area contributed by atoms with Gasteiger partial charge in [0.25, 0.3) is 0 Å². The van der Waals surface area contributed by atoms with E-state index in [1.165, 1.54) is 122 Å². The van der Waals surface area contributed by atoms with Crippen molar-refractivity contribution < 1.29 is 37.9 Å². The lowest BCUT2D eigenvalue weighted by molar-refractivity contribution is -0.161. The van der Waals surface area contributed by atoms with E-state index in [0.29, 0.717) is 12.8 Å². The number of esters is 2. The van der Waals surface area contributed by atoms with Crippen LogP contribution in [0.15, 0.2) is 0 Å². The quantitative estimate of drug-likeness (QED) is 0.0455. The standard InChI is InChI=1S/C32H63O8P/c1-3-5-6-7-8-9-10-11-12-13-14-15-16-17-18-19-20-21-22-23-24-25-27-32(34)40-30(29-39-41(35,36)37)28-38-31(33)26-4-2/h30H,3-29H2,1-2H3,(H2,35,36,37). The maximum Gasteiger partial charge on any atom is 0.469 e. The van der Waals surface area contributed by atoms with Gasteiger partial charge in [0.2, 0.25) is 0 Å². The van der Waals surface area contributed by atoms with Crippen LogP contribution in [0, 0.1) is 0 Å². The highest BCUT2D eigenvalue weighted by molar-refractivity contribution is 7.46. The minimum atomic E-state index is -4.71. The molecule has 0 aromatic heterocycles. The van der Waals surface area contributed by atoms with E-state index in [0.717, 1.165) is 12.8 Å². The van der Waals surface area contributed by atoms with Crippen molar-refractivity contribution in [2.24, 2.45) is 0 Å². The summed E-state index contributed by atoms with van der Waals surface area (Å²) in [5, 5.41) is 0. The van der Waals surface area contributed by atoms with Gasteiger partial charge in [0.1, 0.15) is 6.61 Å². The van der Waals surface area contributed by atoms with Gasteiger partial charge in [0, 0.05) is 12.8 Å². The van der Waals surface area contributed by atoms with Crippen molar-refractivity contribution in [2.45, 2.75) is 180 Å². The third-order valence-corrected chi connectivity index (χ3v) is 7.83. The van der Waals surface area contributed by atoms with Gasteiger partial charge in [-0.25, -0.2) is 4.57 Å². The number of carbonyl (C=O) groups excluding carboxylic acids is 2. The number of phosphoric ester groups is 1. The van der Waals surface area contributed by atoms with Gasteiger partial charge in [-0.15, -0.1) is 0 Å². The van der Waals surface area contributed by atoms with Crippen molar-refractivity contribution in [1.82, 2.24) is 0 Å². The molecule has 0 fully saturated rings. The van der Waals surface area contributed by atoms with Crippen LogP contribution in [0.2, 0.25) is 0 Å². The van der Waals surface area contributed by atoms with Gasteiger partial charge in [0.05, 0.1) is 6.61 Å². The van der Waals surface area contributed by atoms with E-state index in [-0.39, 0.29) is 19.4 Å². The molecule has 1 atom stereocenters. The summed E-state index contributed by atoms with van der Waals surface area (Å²) in [6, 6.07) is 0. The van der Waals surface area contributed by atoms with Crippen LogP contribution in [0.5, 0.6) is 0 Å². The molecule has 0 aliphatic heterocycles. The fourth-order valence-corrected chi connectivity index (χ4v) is 5.24. The Morgan fingerprint density at radius 1 is 0.537 bits per heavy atom. The van der Waals surface area contributed by atoms with Crippen LogP contribution in [-0.2, 0) is 28.2 Å². The van der Waals surface area contributed by atoms with Gasteiger partial charge in [0.15, 0.2) is 6.10 Å². The van der Waals surface area contributed by atoms with Crippen LogP contribution in [0.1, 0.15) is 174 Å². The highest BCUT2D eigenvalue weighted by Gasteiger charge is 2.22. The Morgan fingerprint density at radius 2 is 0.927 bits per heavy atom. The molecule has 0 heterocycles. The van der Waals surface area contributed by atoms with E-state index >= 15 is 0 Å². The van der Waals surface area contributed by atoms with Crippen LogP contribution in [0.3, 0.4) is 0 Å². The van der Waals surface area contributed by atoms with E-state index in [2.05, 4.69) is 11.4 Å². The Hall–Kier alpha value is -0.950. The zero-order valence-electron chi connectivity index (χ0n) is 26.5. The zero-order chi connectivity index (χ0) is 30.4. The van der Waals surface area contributed by atoms with Crippen LogP contribution < -0.4 is 0 Å². The Labute approximate surface area is 251 Å². The van der Waals surface area contributed by atoms with E-state index < -0.39 is 32.5 Å². The normalized spacial score (nSPS) is 12.4. The lowest BCUT2D eigenvalue weighted by Gasteiger charge is -2.18. The molecule has 41 heavy (non-hydrogen) atoms. The van der Waals surface area contributed by atoms with Gasteiger partial charge in [-0.3, -0.25) is 14.1 Å². The van der Waals surface area contributed by atoms with E-state index in [1.807, 2.05) is 6.92 Å². The van der Waals surface area contributed by atoms with Crippen molar-refractivity contribution in [3.63, 3.8) is 0 Å². The third kappa shape index (κ3) is 31.8. The summed E-state index contributed by atoms with van der Waals surface area (Å²) in [7, 11) is -4.71. The van der Waals surface area contributed by atoms with Crippen LogP contribution >= 0.6 is 7.82 Å². The fraction of sp³-hybridized carbons (Fsp3) is 0.938. The van der Waals surface area contributed by atoms with Crippen LogP contribution in [0.25, 0.3) is 0 Å². The highest BCUT2D eigenvalue weighted by Crippen LogP contribution is 2.35. The smallest absolute Gasteiger partial charge is 0.462 e. The molecule has 0 aromatic carbocycles. The molecule has 0 aliphatic carbocycles. The molecule has 244 valence electrons. The first kappa shape index (κ1) is 40.1. The van der Waals surface area contributed by atoms with E-state index in [4.69, 9.17) is 19.3 Å². The predicted octanol–water partition coefficient (Wildman–Crippen LogP) is 9.34. The summed E-state index contributed by atoms with van der Waals surface area (Å²) in [6.07, 6.45) is 28.7. The molecule has 0 rings (SSSR count). The Balaban J connectivity index is 3.58. The topological polar surface area (TPSA) is 119 Å². The molecular weight excluding hydrogens is 543 g/mol. The Kier molecular flexibility index (Phi) is 28.5. The minimum absolute atomic E-state index is 0.217.